The third kappa shape index (κ3) is 4.85. The molecule has 4 atom stereocenters. The molecule has 4 rings (SSSR count). The molecule has 1 saturated heterocycles. The number of nitrogens with one attached hydrogen (secondary N) is 4. The summed E-state index contributed by atoms with van der Waals surface area (Å²) in [5.74, 6) is 0.421. The van der Waals surface area contributed by atoms with E-state index < -0.39 is 0 Å². The van der Waals surface area contributed by atoms with Crippen molar-refractivity contribution in [1.29, 1.82) is 0 Å². The number of carbonyl (C=O) groups is 2. The highest BCUT2D eigenvalue weighted by atomic mass is 32.1. The Kier molecular flexibility index (Phi) is 6.27. The molecule has 1 aromatic carbocycles. The van der Waals surface area contributed by atoms with Crippen LogP contribution >= 0.6 is 11.3 Å². The number of hydrazine groups is 1. The summed E-state index contributed by atoms with van der Waals surface area (Å²) in [4.78, 5) is 28.4. The highest BCUT2D eigenvalue weighted by Crippen LogP contribution is 2.33. The van der Waals surface area contributed by atoms with Gasteiger partial charge < -0.3 is 15.4 Å². The van der Waals surface area contributed by atoms with Crippen molar-refractivity contribution in [1.82, 2.24) is 26.5 Å². The maximum absolute atomic E-state index is 12.5. The lowest BCUT2D eigenvalue weighted by atomic mass is 9.96. The number of fused-ring (bicyclic) bond motifs is 1. The van der Waals surface area contributed by atoms with Crippen LogP contribution in [0, 0.1) is 5.92 Å². The Labute approximate surface area is 173 Å². The molecule has 4 N–H and O–H groups in total. The highest BCUT2D eigenvalue weighted by molar-refractivity contribution is 7.17. The third-order valence-corrected chi connectivity index (χ3v) is 6.56. The Morgan fingerprint density at radius 2 is 2.17 bits per heavy atom. The van der Waals surface area contributed by atoms with Gasteiger partial charge in [-0.15, -0.1) is 11.3 Å². The lowest BCUT2D eigenvalue weighted by Crippen LogP contribution is -2.45. The quantitative estimate of drug-likeness (QED) is 0.574. The predicted molar refractivity (Wildman–Crippen MR) is 111 cm³/mol. The number of amides is 2. The van der Waals surface area contributed by atoms with E-state index in [4.69, 9.17) is 4.74 Å². The maximum Gasteiger partial charge on any atom is 0.407 e. The molecule has 0 radical (unpaired) electrons. The molecule has 1 aliphatic heterocycles. The predicted octanol–water partition coefficient (Wildman–Crippen LogP) is 2.06. The number of rotatable bonds is 6. The average Bonchev–Trinajstić information content (AvgIpc) is 3.42. The van der Waals surface area contributed by atoms with Gasteiger partial charge in [-0.1, -0.05) is 12.1 Å². The summed E-state index contributed by atoms with van der Waals surface area (Å²) < 4.78 is 6.53. The minimum Gasteiger partial charge on any atom is -0.446 e. The molecule has 2 aromatic rings. The Morgan fingerprint density at radius 1 is 1.28 bits per heavy atom. The number of thiazole rings is 1. The highest BCUT2D eigenvalue weighted by Gasteiger charge is 2.37. The largest absolute Gasteiger partial charge is 0.446 e. The van der Waals surface area contributed by atoms with Crippen molar-refractivity contribution in [3.8, 4) is 0 Å². The molecule has 1 saturated carbocycles. The molecule has 2 aliphatic rings. The van der Waals surface area contributed by atoms with Gasteiger partial charge in [-0.25, -0.2) is 15.2 Å². The van der Waals surface area contributed by atoms with E-state index in [-0.39, 0.29) is 30.3 Å². The fourth-order valence-electron chi connectivity index (χ4n) is 4.27. The number of alkyl carbamates (subject to hydrolysis) is 1. The van der Waals surface area contributed by atoms with E-state index in [9.17, 15) is 9.59 Å². The first kappa shape index (κ1) is 20.1. The topological polar surface area (TPSA) is 104 Å². The van der Waals surface area contributed by atoms with Crippen LogP contribution in [0.25, 0.3) is 10.2 Å². The Hall–Kier alpha value is -2.23. The molecule has 2 amide bonds. The van der Waals surface area contributed by atoms with Gasteiger partial charge in [-0.05, 0) is 50.2 Å². The smallest absolute Gasteiger partial charge is 0.407 e. The Bertz CT molecular complexity index is 873. The van der Waals surface area contributed by atoms with Crippen molar-refractivity contribution >= 4 is 33.6 Å². The molecular weight excluding hydrogens is 390 g/mol. The van der Waals surface area contributed by atoms with Gasteiger partial charge in [0.2, 0.25) is 5.91 Å². The van der Waals surface area contributed by atoms with E-state index in [0.717, 1.165) is 41.5 Å². The lowest BCUT2D eigenvalue weighted by molar-refractivity contribution is -0.121. The van der Waals surface area contributed by atoms with E-state index in [0.29, 0.717) is 18.9 Å². The van der Waals surface area contributed by atoms with E-state index in [1.807, 2.05) is 30.6 Å². The van der Waals surface area contributed by atoms with Crippen molar-refractivity contribution in [3.05, 3.63) is 29.3 Å². The molecular formula is C20H27N5O3S. The average molecular weight is 418 g/mol. The summed E-state index contributed by atoms with van der Waals surface area (Å²) in [5, 5.41) is 5.75. The van der Waals surface area contributed by atoms with Crippen LogP contribution in [0.3, 0.4) is 0 Å². The monoisotopic (exact) mass is 417 g/mol. The number of ether oxygens (including phenoxy) is 1. The minimum atomic E-state index is -0.336. The number of nitrogens with zero attached hydrogens (tertiary/aromatic N) is 1. The van der Waals surface area contributed by atoms with E-state index in [1.165, 1.54) is 0 Å². The van der Waals surface area contributed by atoms with Crippen LogP contribution in [0.2, 0.25) is 0 Å². The molecule has 2 unspecified atom stereocenters. The first-order chi connectivity index (χ1) is 14.1. The number of carbonyl (C=O) groups excluding carboxylic acids is 2. The first-order valence-corrected chi connectivity index (χ1v) is 11.1. The van der Waals surface area contributed by atoms with Gasteiger partial charge in [-0.3, -0.25) is 10.2 Å². The van der Waals surface area contributed by atoms with Crippen molar-refractivity contribution in [2.24, 2.45) is 5.92 Å². The van der Waals surface area contributed by atoms with Crippen LogP contribution in [-0.4, -0.2) is 41.8 Å². The van der Waals surface area contributed by atoms with Crippen molar-refractivity contribution in [2.45, 2.75) is 57.3 Å². The van der Waals surface area contributed by atoms with E-state index in [1.54, 1.807) is 11.3 Å². The van der Waals surface area contributed by atoms with Gasteiger partial charge in [-0.2, -0.15) is 0 Å². The minimum absolute atomic E-state index is 0.00489. The van der Waals surface area contributed by atoms with Gasteiger partial charge in [0.1, 0.15) is 6.10 Å². The van der Waals surface area contributed by atoms with Gasteiger partial charge >= 0.3 is 6.09 Å². The maximum atomic E-state index is 12.5. The zero-order valence-electron chi connectivity index (χ0n) is 16.4. The van der Waals surface area contributed by atoms with Gasteiger partial charge in [0.15, 0.2) is 0 Å². The fraction of sp³-hybridized carbons (Fsp3) is 0.550. The fourth-order valence-corrected chi connectivity index (χ4v) is 5.08. The molecule has 9 heteroatoms. The normalized spacial score (nSPS) is 26.5. The van der Waals surface area contributed by atoms with Crippen molar-refractivity contribution in [2.75, 3.05) is 6.54 Å². The summed E-state index contributed by atoms with van der Waals surface area (Å²) in [6, 6.07) is 6.14. The van der Waals surface area contributed by atoms with Crippen molar-refractivity contribution < 1.29 is 14.3 Å². The second-order valence-corrected chi connectivity index (χ2v) is 8.53. The van der Waals surface area contributed by atoms with Gasteiger partial charge in [0, 0.05) is 12.6 Å². The zero-order chi connectivity index (χ0) is 20.2. The molecule has 8 nitrogen and oxygen atoms in total. The molecule has 1 aromatic heterocycles. The SMILES string of the molecule is CCNC(=O)O[C@@H]1CC[C@H](C2CC(NC(=O)Cc3cccc4ncsc34)NN2)C1. The number of benzene rings is 1. The molecule has 2 fully saturated rings. The number of hydrogen-bond donors (Lipinski definition) is 4. The summed E-state index contributed by atoms with van der Waals surface area (Å²) >= 11 is 1.56. The number of aromatic nitrogens is 1. The molecule has 2 heterocycles. The summed E-state index contributed by atoms with van der Waals surface area (Å²) in [6.45, 7) is 2.45. The summed E-state index contributed by atoms with van der Waals surface area (Å²) in [7, 11) is 0. The summed E-state index contributed by atoms with van der Waals surface area (Å²) in [6.07, 6.45) is 3.44. The van der Waals surface area contributed by atoms with E-state index >= 15 is 0 Å². The Morgan fingerprint density at radius 3 is 3.03 bits per heavy atom. The first-order valence-electron chi connectivity index (χ1n) is 10.2. The van der Waals surface area contributed by atoms with Crippen LogP contribution in [0.15, 0.2) is 23.7 Å². The number of hydrogen-bond acceptors (Lipinski definition) is 7. The van der Waals surface area contributed by atoms with Crippen LogP contribution in [0.1, 0.15) is 38.2 Å². The Balaban J connectivity index is 1.24. The van der Waals surface area contributed by atoms with Gasteiger partial charge in [0.25, 0.3) is 0 Å². The third-order valence-electron chi connectivity index (χ3n) is 5.65. The molecule has 29 heavy (non-hydrogen) atoms. The molecule has 156 valence electrons. The standard InChI is InChI=1S/C20H27N5O3S/c1-2-21-20(27)28-14-7-6-12(8-14)16-10-17(25-24-16)23-18(26)9-13-4-3-5-15-19(13)29-11-22-15/h3-5,11-12,14,16-17,24-25H,2,6-10H2,1H3,(H,21,27)(H,23,26)/t12-,14+,16?,17?/m0/s1. The van der Waals surface area contributed by atoms with E-state index in [2.05, 4.69) is 26.5 Å². The van der Waals surface area contributed by atoms with Crippen molar-refractivity contribution in [3.63, 3.8) is 0 Å². The molecule has 0 spiro atoms. The van der Waals surface area contributed by atoms with Crippen LogP contribution < -0.4 is 21.5 Å². The van der Waals surface area contributed by atoms with Crippen LogP contribution in [0.4, 0.5) is 4.79 Å². The molecule has 1 aliphatic carbocycles. The molecule has 0 bridgehead atoms. The van der Waals surface area contributed by atoms with Gasteiger partial charge in [0.05, 0.1) is 28.3 Å². The second kappa shape index (κ2) is 9.06. The lowest BCUT2D eigenvalue weighted by Gasteiger charge is -2.18. The zero-order valence-corrected chi connectivity index (χ0v) is 17.3. The van der Waals surface area contributed by atoms with Crippen LogP contribution in [0.5, 0.6) is 0 Å². The summed E-state index contributed by atoms with van der Waals surface area (Å²) in [5.41, 5.74) is 10.3. The second-order valence-electron chi connectivity index (χ2n) is 7.68. The van der Waals surface area contributed by atoms with Crippen LogP contribution in [-0.2, 0) is 16.0 Å².